The number of para-hydroxylation sites is 1. The standard InChI is InChI=1S/C57H40N2/c58-32-31-55-51(33-38-13-3-1-4-14-38)52-36-44(28-30-54(52)59(55)47-19-5-2-6-20-47)43-27-29-50-53(37-43)57(46-26-24-40-16-8-10-18-42(40)35-46)49-22-12-11-21-48(49)56(50)45-25-23-39-15-7-9-17-41(39)34-45/h1-32,34-37H,33,58H2/b32-31-. The number of nitrogens with zero attached hydrogens (tertiary/aromatic N) is 1. The molecule has 0 unspecified atom stereocenters. The van der Waals surface area contributed by atoms with E-state index in [9.17, 15) is 0 Å². The van der Waals surface area contributed by atoms with Crippen molar-refractivity contribution in [1.29, 1.82) is 0 Å². The first-order chi connectivity index (χ1) is 29.2. The quantitative estimate of drug-likeness (QED) is 0.162. The van der Waals surface area contributed by atoms with Crippen molar-refractivity contribution in [3.63, 3.8) is 0 Å². The van der Waals surface area contributed by atoms with Gasteiger partial charge in [0.1, 0.15) is 0 Å². The Kier molecular flexibility index (Phi) is 8.41. The zero-order chi connectivity index (χ0) is 39.3. The van der Waals surface area contributed by atoms with E-state index in [1.54, 1.807) is 6.20 Å². The van der Waals surface area contributed by atoms with E-state index in [-0.39, 0.29) is 0 Å². The third kappa shape index (κ3) is 5.97. The molecule has 278 valence electrons. The summed E-state index contributed by atoms with van der Waals surface area (Å²) in [7, 11) is 0. The summed E-state index contributed by atoms with van der Waals surface area (Å²) in [6, 6.07) is 75.5. The van der Waals surface area contributed by atoms with Crippen LogP contribution in [-0.2, 0) is 6.42 Å². The minimum atomic E-state index is 0.783. The minimum Gasteiger partial charge on any atom is -0.405 e. The van der Waals surface area contributed by atoms with Crippen molar-refractivity contribution in [2.45, 2.75) is 6.42 Å². The molecular weight excluding hydrogens is 713 g/mol. The highest BCUT2D eigenvalue weighted by Gasteiger charge is 2.21. The molecule has 2 nitrogen and oxygen atoms in total. The second-order valence-electron chi connectivity index (χ2n) is 15.5. The van der Waals surface area contributed by atoms with Crippen LogP contribution >= 0.6 is 0 Å². The average Bonchev–Trinajstić information content (AvgIpc) is 3.59. The van der Waals surface area contributed by atoms with Crippen LogP contribution in [0, 0.1) is 0 Å². The zero-order valence-corrected chi connectivity index (χ0v) is 32.5. The SMILES string of the molecule is N/C=C\c1c(Cc2ccccc2)c2cc(-c3ccc4c(-c5ccc6ccccc6c5)c5ccccc5c(-c5ccc6ccccc6c5)c4c3)ccc2n1-c1ccccc1. The molecule has 59 heavy (non-hydrogen) atoms. The lowest BCUT2D eigenvalue weighted by Crippen LogP contribution is -1.99. The predicted octanol–water partition coefficient (Wildman–Crippen LogP) is 14.8. The average molecular weight is 753 g/mol. The van der Waals surface area contributed by atoms with Crippen LogP contribution < -0.4 is 5.73 Å². The van der Waals surface area contributed by atoms with Gasteiger partial charge in [-0.2, -0.15) is 0 Å². The Morgan fingerprint density at radius 1 is 0.390 bits per heavy atom. The third-order valence-corrected chi connectivity index (χ3v) is 12.0. The van der Waals surface area contributed by atoms with E-state index < -0.39 is 0 Å². The van der Waals surface area contributed by atoms with Crippen LogP contribution in [0.5, 0.6) is 0 Å². The summed E-state index contributed by atoms with van der Waals surface area (Å²) in [5.74, 6) is 0. The van der Waals surface area contributed by atoms with Gasteiger partial charge >= 0.3 is 0 Å². The van der Waals surface area contributed by atoms with Gasteiger partial charge in [0.25, 0.3) is 0 Å². The van der Waals surface area contributed by atoms with E-state index >= 15 is 0 Å². The summed E-state index contributed by atoms with van der Waals surface area (Å²) in [4.78, 5) is 0. The number of hydrogen-bond donors (Lipinski definition) is 1. The molecule has 1 heterocycles. The largest absolute Gasteiger partial charge is 0.405 e. The number of fused-ring (bicyclic) bond motifs is 5. The van der Waals surface area contributed by atoms with Crippen molar-refractivity contribution in [2.75, 3.05) is 0 Å². The van der Waals surface area contributed by atoms with Gasteiger partial charge in [0.05, 0.1) is 11.2 Å². The van der Waals surface area contributed by atoms with Crippen molar-refractivity contribution < 1.29 is 0 Å². The molecule has 2 heteroatoms. The van der Waals surface area contributed by atoms with Crippen molar-refractivity contribution in [2.24, 2.45) is 5.73 Å². The van der Waals surface area contributed by atoms with Gasteiger partial charge < -0.3 is 10.3 Å². The van der Waals surface area contributed by atoms with Crippen molar-refractivity contribution >= 4 is 60.1 Å². The van der Waals surface area contributed by atoms with Crippen molar-refractivity contribution in [3.8, 4) is 39.1 Å². The zero-order valence-electron chi connectivity index (χ0n) is 32.5. The molecule has 0 bridgehead atoms. The highest BCUT2D eigenvalue weighted by Crippen LogP contribution is 2.46. The Morgan fingerprint density at radius 2 is 0.881 bits per heavy atom. The van der Waals surface area contributed by atoms with Gasteiger partial charge in [-0.3, -0.25) is 0 Å². The molecule has 0 aliphatic rings. The number of aromatic nitrogens is 1. The molecule has 0 fully saturated rings. The topological polar surface area (TPSA) is 30.9 Å². The van der Waals surface area contributed by atoms with Crippen LogP contribution in [0.1, 0.15) is 16.8 Å². The predicted molar refractivity (Wildman–Crippen MR) is 252 cm³/mol. The minimum absolute atomic E-state index is 0.783. The first kappa shape index (κ1) is 34.6. The second-order valence-corrected chi connectivity index (χ2v) is 15.5. The van der Waals surface area contributed by atoms with E-state index in [1.807, 2.05) is 0 Å². The maximum Gasteiger partial charge on any atom is 0.0538 e. The van der Waals surface area contributed by atoms with Gasteiger partial charge in [-0.05, 0) is 142 Å². The molecule has 0 atom stereocenters. The van der Waals surface area contributed by atoms with Crippen LogP contribution in [0.15, 0.2) is 212 Å². The number of hydrogen-bond acceptors (Lipinski definition) is 1. The molecule has 0 aliphatic heterocycles. The van der Waals surface area contributed by atoms with Crippen molar-refractivity contribution in [3.05, 3.63) is 229 Å². The van der Waals surface area contributed by atoms with Crippen LogP contribution in [-0.4, -0.2) is 4.57 Å². The lowest BCUT2D eigenvalue weighted by atomic mass is 9.84. The molecule has 0 saturated carbocycles. The second kappa shape index (κ2) is 14.4. The van der Waals surface area contributed by atoms with Gasteiger partial charge in [-0.15, -0.1) is 0 Å². The summed E-state index contributed by atoms with van der Waals surface area (Å²) in [5.41, 5.74) is 19.4. The molecule has 11 aromatic rings. The molecule has 0 amide bonds. The lowest BCUT2D eigenvalue weighted by Gasteiger charge is -2.19. The summed E-state index contributed by atoms with van der Waals surface area (Å²) < 4.78 is 2.35. The van der Waals surface area contributed by atoms with Gasteiger partial charge in [-0.25, -0.2) is 0 Å². The first-order valence-corrected chi connectivity index (χ1v) is 20.3. The Bertz CT molecular complexity index is 3410. The van der Waals surface area contributed by atoms with Gasteiger partial charge in [-0.1, -0.05) is 164 Å². The summed E-state index contributed by atoms with van der Waals surface area (Å²) >= 11 is 0. The third-order valence-electron chi connectivity index (χ3n) is 12.0. The van der Waals surface area contributed by atoms with Crippen molar-refractivity contribution in [1.82, 2.24) is 4.57 Å². The first-order valence-electron chi connectivity index (χ1n) is 20.3. The summed E-state index contributed by atoms with van der Waals surface area (Å²) in [6.07, 6.45) is 4.50. The number of rotatable bonds is 7. The molecule has 0 spiro atoms. The van der Waals surface area contributed by atoms with Crippen LogP contribution in [0.2, 0.25) is 0 Å². The molecule has 0 radical (unpaired) electrons. The van der Waals surface area contributed by atoms with E-state index in [0.717, 1.165) is 23.3 Å². The fourth-order valence-electron chi connectivity index (χ4n) is 9.33. The molecule has 0 saturated heterocycles. The molecular formula is C57H40N2. The highest BCUT2D eigenvalue weighted by atomic mass is 15.0. The fraction of sp³-hybridized carbons (Fsp3) is 0.0175. The smallest absolute Gasteiger partial charge is 0.0538 e. The molecule has 1 aromatic heterocycles. The Labute approximate surface area is 343 Å². The van der Waals surface area contributed by atoms with Gasteiger partial charge in [0.2, 0.25) is 0 Å². The fourth-order valence-corrected chi connectivity index (χ4v) is 9.33. The lowest BCUT2D eigenvalue weighted by molar-refractivity contribution is 1.07. The highest BCUT2D eigenvalue weighted by molar-refractivity contribution is 6.22. The van der Waals surface area contributed by atoms with Crippen LogP contribution in [0.3, 0.4) is 0 Å². The molecule has 10 aromatic carbocycles. The number of nitrogens with two attached hydrogens (primary N) is 1. The maximum absolute atomic E-state index is 6.19. The monoisotopic (exact) mass is 752 g/mol. The molecule has 2 N–H and O–H groups in total. The summed E-state index contributed by atoms with van der Waals surface area (Å²) in [5, 5.41) is 11.1. The Hall–Kier alpha value is -7.68. The molecule has 0 aliphatic carbocycles. The van der Waals surface area contributed by atoms with Crippen LogP contribution in [0.4, 0.5) is 0 Å². The summed E-state index contributed by atoms with van der Waals surface area (Å²) in [6.45, 7) is 0. The van der Waals surface area contributed by atoms with Gasteiger partial charge in [0.15, 0.2) is 0 Å². The van der Waals surface area contributed by atoms with Crippen LogP contribution in [0.25, 0.3) is 99.1 Å². The molecule has 11 rings (SSSR count). The Morgan fingerprint density at radius 3 is 1.51 bits per heavy atom. The van der Waals surface area contributed by atoms with E-state index in [1.165, 1.54) is 93.0 Å². The van der Waals surface area contributed by atoms with E-state index in [0.29, 0.717) is 0 Å². The van der Waals surface area contributed by atoms with E-state index in [2.05, 4.69) is 217 Å². The van der Waals surface area contributed by atoms with E-state index in [4.69, 9.17) is 5.73 Å². The van der Waals surface area contributed by atoms with Gasteiger partial charge in [0, 0.05) is 17.5 Å². The number of benzene rings is 10. The maximum atomic E-state index is 6.19. The normalized spacial score (nSPS) is 11.8. The Balaban J connectivity index is 1.19.